The second-order valence-electron chi connectivity index (χ2n) is 4.69. The van der Waals surface area contributed by atoms with Crippen molar-refractivity contribution in [2.45, 2.75) is 44.9 Å². The first-order valence-corrected chi connectivity index (χ1v) is 5.27. The van der Waals surface area contributed by atoms with Crippen LogP contribution in [0.1, 0.15) is 49.8 Å². The van der Waals surface area contributed by atoms with Crippen molar-refractivity contribution in [2.24, 2.45) is 0 Å². The van der Waals surface area contributed by atoms with Crippen molar-refractivity contribution in [3.05, 3.63) is 17.2 Å². The summed E-state index contributed by atoms with van der Waals surface area (Å²) >= 11 is 0. The molecule has 1 aliphatic rings. The zero-order valence-electron chi connectivity index (χ0n) is 9.09. The number of aromatic amines is 1. The van der Waals surface area contributed by atoms with E-state index in [1.54, 1.807) is 0 Å². The summed E-state index contributed by atoms with van der Waals surface area (Å²) in [4.78, 5) is 7.91. The quantitative estimate of drug-likeness (QED) is 0.771. The van der Waals surface area contributed by atoms with E-state index < -0.39 is 0 Å². The molecule has 14 heavy (non-hydrogen) atoms. The van der Waals surface area contributed by atoms with Crippen LogP contribution in [-0.4, -0.2) is 21.7 Å². The SMILES string of the molecule is Cc1[nH]c(C2(CO)CC2)nc1C(C)C. The van der Waals surface area contributed by atoms with Crippen LogP contribution in [-0.2, 0) is 5.41 Å². The Morgan fingerprint density at radius 2 is 2.14 bits per heavy atom. The van der Waals surface area contributed by atoms with Crippen LogP contribution in [0.3, 0.4) is 0 Å². The molecule has 78 valence electrons. The number of nitrogens with zero attached hydrogens (tertiary/aromatic N) is 1. The molecule has 0 amide bonds. The summed E-state index contributed by atoms with van der Waals surface area (Å²) < 4.78 is 0. The van der Waals surface area contributed by atoms with Gasteiger partial charge in [-0.2, -0.15) is 0 Å². The number of aromatic nitrogens is 2. The van der Waals surface area contributed by atoms with Crippen LogP contribution >= 0.6 is 0 Å². The molecule has 3 nitrogen and oxygen atoms in total. The third-order valence-electron chi connectivity index (χ3n) is 3.13. The van der Waals surface area contributed by atoms with Gasteiger partial charge >= 0.3 is 0 Å². The van der Waals surface area contributed by atoms with E-state index in [1.165, 1.54) is 0 Å². The van der Waals surface area contributed by atoms with Gasteiger partial charge in [-0.1, -0.05) is 13.8 Å². The first-order chi connectivity index (χ1) is 6.59. The third kappa shape index (κ3) is 1.36. The number of H-pyrrole nitrogens is 1. The first kappa shape index (κ1) is 9.71. The lowest BCUT2D eigenvalue weighted by molar-refractivity contribution is 0.250. The van der Waals surface area contributed by atoms with Crippen molar-refractivity contribution in [3.8, 4) is 0 Å². The topological polar surface area (TPSA) is 48.9 Å². The molecule has 0 unspecified atom stereocenters. The Labute approximate surface area is 84.6 Å². The number of hydrogen-bond donors (Lipinski definition) is 2. The third-order valence-corrected chi connectivity index (χ3v) is 3.13. The molecule has 1 fully saturated rings. The fraction of sp³-hybridized carbons (Fsp3) is 0.727. The van der Waals surface area contributed by atoms with Gasteiger partial charge in [-0.15, -0.1) is 0 Å². The summed E-state index contributed by atoms with van der Waals surface area (Å²) in [5.41, 5.74) is 2.26. The van der Waals surface area contributed by atoms with Gasteiger partial charge in [0.15, 0.2) is 0 Å². The highest BCUT2D eigenvalue weighted by Crippen LogP contribution is 2.46. The molecule has 2 N–H and O–H groups in total. The van der Waals surface area contributed by atoms with Crippen LogP contribution in [0, 0.1) is 6.92 Å². The maximum absolute atomic E-state index is 9.29. The van der Waals surface area contributed by atoms with Crippen LogP contribution in [0.4, 0.5) is 0 Å². The average Bonchev–Trinajstić information content (AvgIpc) is 2.84. The maximum Gasteiger partial charge on any atom is 0.115 e. The molecule has 0 radical (unpaired) electrons. The number of nitrogens with one attached hydrogen (secondary N) is 1. The molecule has 1 aromatic heterocycles. The lowest BCUT2D eigenvalue weighted by Gasteiger charge is -2.06. The van der Waals surface area contributed by atoms with Gasteiger partial charge in [0.1, 0.15) is 5.82 Å². The molecule has 1 heterocycles. The number of imidazole rings is 1. The van der Waals surface area contributed by atoms with Crippen LogP contribution in [0.5, 0.6) is 0 Å². The predicted octanol–water partition coefficient (Wildman–Crippen LogP) is 1.87. The highest BCUT2D eigenvalue weighted by atomic mass is 16.3. The lowest BCUT2D eigenvalue weighted by atomic mass is 10.1. The fourth-order valence-electron chi connectivity index (χ4n) is 1.91. The van der Waals surface area contributed by atoms with Crippen molar-refractivity contribution >= 4 is 0 Å². The number of rotatable bonds is 3. The summed E-state index contributed by atoms with van der Waals surface area (Å²) in [6.07, 6.45) is 2.13. The second kappa shape index (κ2) is 3.09. The zero-order chi connectivity index (χ0) is 10.3. The summed E-state index contributed by atoms with van der Waals surface area (Å²) in [6, 6.07) is 0. The molecule has 1 saturated carbocycles. The standard InChI is InChI=1S/C11H18N2O/c1-7(2)9-8(3)12-10(13-9)11(6-14)4-5-11/h7,14H,4-6H2,1-3H3,(H,12,13). The van der Waals surface area contributed by atoms with Gasteiger partial charge in [0.05, 0.1) is 17.7 Å². The Balaban J connectivity index is 2.33. The van der Waals surface area contributed by atoms with E-state index in [2.05, 4.69) is 30.7 Å². The Morgan fingerprint density at radius 1 is 1.50 bits per heavy atom. The first-order valence-electron chi connectivity index (χ1n) is 5.27. The van der Waals surface area contributed by atoms with Crippen molar-refractivity contribution in [1.82, 2.24) is 9.97 Å². The summed E-state index contributed by atoms with van der Waals surface area (Å²) in [6.45, 7) is 6.56. The van der Waals surface area contributed by atoms with Crippen molar-refractivity contribution in [2.75, 3.05) is 6.61 Å². The van der Waals surface area contributed by atoms with Crippen LogP contribution in [0.25, 0.3) is 0 Å². The summed E-state index contributed by atoms with van der Waals surface area (Å²) in [5.74, 6) is 1.44. The Hall–Kier alpha value is -0.830. The van der Waals surface area contributed by atoms with Crippen LogP contribution in [0.15, 0.2) is 0 Å². The minimum absolute atomic E-state index is 0.0299. The van der Waals surface area contributed by atoms with Gasteiger partial charge in [-0.3, -0.25) is 0 Å². The van der Waals surface area contributed by atoms with E-state index in [0.717, 1.165) is 30.1 Å². The molecule has 1 aliphatic carbocycles. The molecular formula is C11H18N2O. The zero-order valence-corrected chi connectivity index (χ0v) is 9.09. The van der Waals surface area contributed by atoms with Gasteiger partial charge in [0, 0.05) is 5.69 Å². The number of hydrogen-bond acceptors (Lipinski definition) is 2. The number of aryl methyl sites for hydroxylation is 1. The average molecular weight is 194 g/mol. The molecule has 0 spiro atoms. The van der Waals surface area contributed by atoms with Crippen LogP contribution in [0.2, 0.25) is 0 Å². The van der Waals surface area contributed by atoms with Crippen molar-refractivity contribution in [3.63, 3.8) is 0 Å². The molecular weight excluding hydrogens is 176 g/mol. The predicted molar refractivity (Wildman–Crippen MR) is 55.4 cm³/mol. The minimum Gasteiger partial charge on any atom is -0.395 e. The molecule has 0 atom stereocenters. The van der Waals surface area contributed by atoms with E-state index in [4.69, 9.17) is 0 Å². The molecule has 0 saturated heterocycles. The Bertz CT molecular complexity index is 337. The minimum atomic E-state index is -0.0299. The fourth-order valence-corrected chi connectivity index (χ4v) is 1.91. The largest absolute Gasteiger partial charge is 0.395 e. The number of aliphatic hydroxyl groups is 1. The Kier molecular flexibility index (Phi) is 2.14. The van der Waals surface area contributed by atoms with Gasteiger partial charge in [0.2, 0.25) is 0 Å². The lowest BCUT2D eigenvalue weighted by Crippen LogP contribution is -2.13. The van der Waals surface area contributed by atoms with E-state index in [1.807, 2.05) is 0 Å². The summed E-state index contributed by atoms with van der Waals surface area (Å²) in [7, 11) is 0. The second-order valence-corrected chi connectivity index (χ2v) is 4.69. The molecule has 0 aliphatic heterocycles. The van der Waals surface area contributed by atoms with Gasteiger partial charge in [-0.05, 0) is 25.7 Å². The van der Waals surface area contributed by atoms with E-state index in [-0.39, 0.29) is 12.0 Å². The monoisotopic (exact) mass is 194 g/mol. The van der Waals surface area contributed by atoms with Crippen molar-refractivity contribution < 1.29 is 5.11 Å². The molecule has 3 heteroatoms. The highest BCUT2D eigenvalue weighted by Gasteiger charge is 2.46. The normalized spacial score (nSPS) is 18.9. The molecule has 2 rings (SSSR count). The molecule has 0 aromatic carbocycles. The molecule has 0 bridgehead atoms. The van der Waals surface area contributed by atoms with Gasteiger partial charge < -0.3 is 10.1 Å². The Morgan fingerprint density at radius 3 is 2.50 bits per heavy atom. The van der Waals surface area contributed by atoms with Gasteiger partial charge in [-0.25, -0.2) is 4.98 Å². The number of aliphatic hydroxyl groups excluding tert-OH is 1. The van der Waals surface area contributed by atoms with E-state index >= 15 is 0 Å². The van der Waals surface area contributed by atoms with Gasteiger partial charge in [0.25, 0.3) is 0 Å². The molecule has 1 aromatic rings. The van der Waals surface area contributed by atoms with Crippen LogP contribution < -0.4 is 0 Å². The van der Waals surface area contributed by atoms with E-state index in [9.17, 15) is 5.11 Å². The smallest absolute Gasteiger partial charge is 0.115 e. The van der Waals surface area contributed by atoms with Crippen molar-refractivity contribution in [1.29, 1.82) is 0 Å². The van der Waals surface area contributed by atoms with E-state index in [0.29, 0.717) is 5.92 Å². The summed E-state index contributed by atoms with van der Waals surface area (Å²) in [5, 5.41) is 9.29. The maximum atomic E-state index is 9.29. The highest BCUT2D eigenvalue weighted by molar-refractivity contribution is 5.25.